The van der Waals surface area contributed by atoms with Gasteiger partial charge >= 0.3 is 6.09 Å². The van der Waals surface area contributed by atoms with E-state index < -0.39 is 6.09 Å². The van der Waals surface area contributed by atoms with E-state index in [-0.39, 0.29) is 6.61 Å². The second-order valence-electron chi connectivity index (χ2n) is 4.58. The highest BCUT2D eigenvalue weighted by Crippen LogP contribution is 2.20. The molecule has 102 valence electrons. The van der Waals surface area contributed by atoms with Gasteiger partial charge in [-0.15, -0.1) is 0 Å². The third-order valence-corrected chi connectivity index (χ3v) is 3.26. The summed E-state index contributed by atoms with van der Waals surface area (Å²) in [7, 11) is 0. The first-order valence-electron chi connectivity index (χ1n) is 6.51. The lowest BCUT2D eigenvalue weighted by Crippen LogP contribution is -2.12. The normalized spacial score (nSPS) is 10.2. The SMILES string of the molecule is N#Cc1cccc2c1ccn2C(=O)OCc1ccccc1. The lowest BCUT2D eigenvalue weighted by molar-refractivity contribution is 0.142. The Morgan fingerprint density at radius 1 is 1.10 bits per heavy atom. The summed E-state index contributed by atoms with van der Waals surface area (Å²) >= 11 is 0. The van der Waals surface area contributed by atoms with Gasteiger partial charge in [0.2, 0.25) is 0 Å². The highest BCUT2D eigenvalue weighted by atomic mass is 16.5. The largest absolute Gasteiger partial charge is 0.444 e. The number of benzene rings is 2. The van der Waals surface area contributed by atoms with Crippen molar-refractivity contribution in [3.63, 3.8) is 0 Å². The Kier molecular flexibility index (Phi) is 3.40. The van der Waals surface area contributed by atoms with Crippen LogP contribution in [-0.2, 0) is 11.3 Å². The van der Waals surface area contributed by atoms with E-state index in [1.165, 1.54) is 4.57 Å². The van der Waals surface area contributed by atoms with Gasteiger partial charge in [0.05, 0.1) is 17.1 Å². The highest BCUT2D eigenvalue weighted by molar-refractivity contribution is 5.92. The molecule has 0 aliphatic carbocycles. The average Bonchev–Trinajstić information content (AvgIpc) is 2.97. The van der Waals surface area contributed by atoms with Crippen molar-refractivity contribution in [1.82, 2.24) is 4.57 Å². The molecule has 1 heterocycles. The zero-order chi connectivity index (χ0) is 14.7. The van der Waals surface area contributed by atoms with Crippen molar-refractivity contribution in [2.24, 2.45) is 0 Å². The minimum absolute atomic E-state index is 0.220. The maximum Gasteiger partial charge on any atom is 0.418 e. The predicted octanol–water partition coefficient (Wildman–Crippen LogP) is 3.70. The number of aromatic nitrogens is 1. The molecule has 0 aliphatic rings. The number of fused-ring (bicyclic) bond motifs is 1. The summed E-state index contributed by atoms with van der Waals surface area (Å²) in [6.07, 6.45) is 1.17. The molecule has 0 atom stereocenters. The average molecular weight is 276 g/mol. The zero-order valence-corrected chi connectivity index (χ0v) is 11.2. The van der Waals surface area contributed by atoms with E-state index in [1.54, 1.807) is 30.5 Å². The highest BCUT2D eigenvalue weighted by Gasteiger charge is 2.12. The molecule has 3 rings (SSSR count). The topological polar surface area (TPSA) is 55.0 Å². The number of carbonyl (C=O) groups excluding carboxylic acids is 1. The van der Waals surface area contributed by atoms with Crippen molar-refractivity contribution >= 4 is 17.0 Å². The van der Waals surface area contributed by atoms with Crippen molar-refractivity contribution in [3.8, 4) is 6.07 Å². The molecule has 3 aromatic rings. The standard InChI is InChI=1S/C17H12N2O2/c18-11-14-7-4-8-16-15(14)9-10-19(16)17(20)21-12-13-5-2-1-3-6-13/h1-10H,12H2. The van der Waals surface area contributed by atoms with E-state index in [0.29, 0.717) is 11.1 Å². The van der Waals surface area contributed by atoms with E-state index in [1.807, 2.05) is 30.3 Å². The fraction of sp³-hybridized carbons (Fsp3) is 0.0588. The van der Waals surface area contributed by atoms with E-state index in [0.717, 1.165) is 10.9 Å². The van der Waals surface area contributed by atoms with Crippen LogP contribution in [0.2, 0.25) is 0 Å². The fourth-order valence-corrected chi connectivity index (χ4v) is 2.21. The summed E-state index contributed by atoms with van der Waals surface area (Å²) in [6, 6.07) is 18.6. The maximum atomic E-state index is 12.2. The Morgan fingerprint density at radius 3 is 2.67 bits per heavy atom. The number of rotatable bonds is 2. The predicted molar refractivity (Wildman–Crippen MR) is 78.7 cm³/mol. The molecule has 0 amide bonds. The molecule has 1 aromatic heterocycles. The second kappa shape index (κ2) is 5.51. The van der Waals surface area contributed by atoms with Gasteiger partial charge in [0, 0.05) is 11.6 Å². The van der Waals surface area contributed by atoms with Crippen LogP contribution < -0.4 is 0 Å². The molecule has 0 radical (unpaired) electrons. The first-order valence-corrected chi connectivity index (χ1v) is 6.51. The Labute approximate surface area is 121 Å². The quantitative estimate of drug-likeness (QED) is 0.717. The molecule has 2 aromatic carbocycles. The van der Waals surface area contributed by atoms with Crippen molar-refractivity contribution in [2.75, 3.05) is 0 Å². The monoisotopic (exact) mass is 276 g/mol. The molecule has 0 fully saturated rings. The van der Waals surface area contributed by atoms with Crippen LogP contribution in [0.1, 0.15) is 11.1 Å². The first kappa shape index (κ1) is 12.9. The fourth-order valence-electron chi connectivity index (χ4n) is 2.21. The lowest BCUT2D eigenvalue weighted by atomic mass is 10.1. The molecular formula is C17H12N2O2. The van der Waals surface area contributed by atoms with Gasteiger partial charge < -0.3 is 4.74 Å². The minimum Gasteiger partial charge on any atom is -0.444 e. The molecule has 0 unspecified atom stereocenters. The molecule has 0 bridgehead atoms. The molecule has 0 spiro atoms. The van der Waals surface area contributed by atoms with E-state index in [2.05, 4.69) is 6.07 Å². The van der Waals surface area contributed by atoms with Crippen molar-refractivity contribution < 1.29 is 9.53 Å². The molecule has 21 heavy (non-hydrogen) atoms. The zero-order valence-electron chi connectivity index (χ0n) is 11.2. The van der Waals surface area contributed by atoms with Crippen molar-refractivity contribution in [2.45, 2.75) is 6.61 Å². The summed E-state index contributed by atoms with van der Waals surface area (Å²) in [5.74, 6) is 0. The first-order chi connectivity index (χ1) is 10.3. The third-order valence-electron chi connectivity index (χ3n) is 3.26. The molecule has 4 heteroatoms. The minimum atomic E-state index is -0.455. The number of nitrogens with zero attached hydrogens (tertiary/aromatic N) is 2. The van der Waals surface area contributed by atoms with Crippen LogP contribution in [0.25, 0.3) is 10.9 Å². The van der Waals surface area contributed by atoms with Crippen LogP contribution in [0.15, 0.2) is 60.8 Å². The van der Waals surface area contributed by atoms with Crippen LogP contribution in [0, 0.1) is 11.3 Å². The second-order valence-corrected chi connectivity index (χ2v) is 4.58. The van der Waals surface area contributed by atoms with Gasteiger partial charge in [-0.3, -0.25) is 4.57 Å². The Bertz CT molecular complexity index is 829. The Morgan fingerprint density at radius 2 is 1.90 bits per heavy atom. The third kappa shape index (κ3) is 2.49. The van der Waals surface area contributed by atoms with Gasteiger partial charge in [-0.2, -0.15) is 5.26 Å². The number of ether oxygens (including phenoxy) is 1. The van der Waals surface area contributed by atoms with Crippen LogP contribution in [0.5, 0.6) is 0 Å². The van der Waals surface area contributed by atoms with Gasteiger partial charge in [0.15, 0.2) is 0 Å². The van der Waals surface area contributed by atoms with Gasteiger partial charge in [-0.1, -0.05) is 36.4 Å². The molecule has 0 N–H and O–H groups in total. The van der Waals surface area contributed by atoms with Gasteiger partial charge in [0.25, 0.3) is 0 Å². The summed E-state index contributed by atoms with van der Waals surface area (Å²) in [5.41, 5.74) is 2.15. The lowest BCUT2D eigenvalue weighted by Gasteiger charge is -2.06. The van der Waals surface area contributed by atoms with Gasteiger partial charge in [0.1, 0.15) is 6.61 Å². The number of hydrogen-bond acceptors (Lipinski definition) is 3. The van der Waals surface area contributed by atoms with Crippen molar-refractivity contribution in [3.05, 3.63) is 71.9 Å². The molecule has 0 saturated carbocycles. The summed E-state index contributed by atoms with van der Waals surface area (Å²) in [6.45, 7) is 0.220. The van der Waals surface area contributed by atoms with Crippen LogP contribution in [0.3, 0.4) is 0 Å². The van der Waals surface area contributed by atoms with E-state index >= 15 is 0 Å². The summed E-state index contributed by atoms with van der Waals surface area (Å²) in [5, 5.41) is 9.81. The van der Waals surface area contributed by atoms with Crippen LogP contribution in [0.4, 0.5) is 4.79 Å². The Hall–Kier alpha value is -3.06. The molecule has 4 nitrogen and oxygen atoms in total. The molecular weight excluding hydrogens is 264 g/mol. The van der Waals surface area contributed by atoms with Gasteiger partial charge in [-0.25, -0.2) is 4.79 Å². The number of hydrogen-bond donors (Lipinski definition) is 0. The molecule has 0 saturated heterocycles. The summed E-state index contributed by atoms with van der Waals surface area (Å²) < 4.78 is 6.71. The van der Waals surface area contributed by atoms with E-state index in [9.17, 15) is 4.79 Å². The number of nitriles is 1. The number of carbonyl (C=O) groups is 1. The molecule has 0 aliphatic heterocycles. The van der Waals surface area contributed by atoms with Crippen LogP contribution >= 0.6 is 0 Å². The van der Waals surface area contributed by atoms with Crippen LogP contribution in [-0.4, -0.2) is 10.7 Å². The van der Waals surface area contributed by atoms with Crippen molar-refractivity contribution in [1.29, 1.82) is 5.26 Å². The maximum absolute atomic E-state index is 12.2. The van der Waals surface area contributed by atoms with E-state index in [4.69, 9.17) is 10.00 Å². The van der Waals surface area contributed by atoms with Gasteiger partial charge in [-0.05, 0) is 23.8 Å². The summed E-state index contributed by atoms with van der Waals surface area (Å²) in [4.78, 5) is 12.2. The Balaban J connectivity index is 1.84. The smallest absolute Gasteiger partial charge is 0.418 e.